The van der Waals surface area contributed by atoms with Crippen molar-refractivity contribution < 1.29 is 25.8 Å². The lowest BCUT2D eigenvalue weighted by molar-refractivity contribution is -0.137. The molecule has 2 rings (SSSR count). The number of alkyl halides is 3. The minimum Gasteiger partial charge on any atom is -0.379 e. The lowest BCUT2D eigenvalue weighted by Gasteiger charge is -2.12. The third-order valence-electron chi connectivity index (χ3n) is 3.20. The first kappa shape index (κ1) is 16.4. The zero-order chi connectivity index (χ0) is 16.5. The van der Waals surface area contributed by atoms with Crippen molar-refractivity contribution in [3.8, 4) is 5.75 Å². The van der Waals surface area contributed by atoms with Crippen LogP contribution in [0.4, 0.5) is 13.2 Å². The SMILES string of the molecule is Cc1cccc(OS(=O)(=O)c2cccc(C(F)(F)F)c2)c1C. The van der Waals surface area contributed by atoms with Gasteiger partial charge >= 0.3 is 16.3 Å². The smallest absolute Gasteiger partial charge is 0.379 e. The number of hydrogen-bond acceptors (Lipinski definition) is 3. The molecule has 0 fully saturated rings. The van der Waals surface area contributed by atoms with Gasteiger partial charge in [0.1, 0.15) is 10.6 Å². The van der Waals surface area contributed by atoms with Gasteiger partial charge in [0.05, 0.1) is 5.56 Å². The highest BCUT2D eigenvalue weighted by Gasteiger charge is 2.32. The molecule has 0 aromatic heterocycles. The lowest BCUT2D eigenvalue weighted by atomic mass is 10.1. The maximum atomic E-state index is 12.7. The van der Waals surface area contributed by atoms with Gasteiger partial charge in [-0.15, -0.1) is 0 Å². The molecule has 0 N–H and O–H groups in total. The Balaban J connectivity index is 2.41. The van der Waals surface area contributed by atoms with E-state index in [-0.39, 0.29) is 5.75 Å². The molecule has 7 heteroatoms. The van der Waals surface area contributed by atoms with E-state index in [1.54, 1.807) is 26.0 Å². The summed E-state index contributed by atoms with van der Waals surface area (Å²) in [6, 6.07) is 8.29. The van der Waals surface area contributed by atoms with Gasteiger partial charge in [0, 0.05) is 0 Å². The van der Waals surface area contributed by atoms with Gasteiger partial charge in [-0.2, -0.15) is 21.6 Å². The summed E-state index contributed by atoms with van der Waals surface area (Å²) >= 11 is 0. The fraction of sp³-hybridized carbons (Fsp3) is 0.200. The van der Waals surface area contributed by atoms with Crippen LogP contribution >= 0.6 is 0 Å². The Morgan fingerprint density at radius 2 is 1.64 bits per heavy atom. The number of aryl methyl sites for hydroxylation is 1. The van der Waals surface area contributed by atoms with E-state index in [0.717, 1.165) is 23.8 Å². The van der Waals surface area contributed by atoms with E-state index in [4.69, 9.17) is 4.18 Å². The van der Waals surface area contributed by atoms with Crippen LogP contribution < -0.4 is 4.18 Å². The highest BCUT2D eigenvalue weighted by atomic mass is 32.2. The maximum absolute atomic E-state index is 12.7. The molecule has 0 saturated heterocycles. The summed E-state index contributed by atoms with van der Waals surface area (Å²) < 4.78 is 67.3. The summed E-state index contributed by atoms with van der Waals surface area (Å²) in [6.45, 7) is 3.45. The molecule has 2 aromatic carbocycles. The second-order valence-corrected chi connectivity index (χ2v) is 6.31. The molecule has 3 nitrogen and oxygen atoms in total. The predicted octanol–water partition coefficient (Wildman–Crippen LogP) is 4.09. The molecular formula is C15H13F3O3S. The molecule has 118 valence electrons. The van der Waals surface area contributed by atoms with Crippen molar-refractivity contribution in [3.63, 3.8) is 0 Å². The zero-order valence-electron chi connectivity index (χ0n) is 11.8. The molecule has 0 spiro atoms. The Labute approximate surface area is 126 Å². The fourth-order valence-corrected chi connectivity index (χ4v) is 2.84. The lowest BCUT2D eigenvalue weighted by Crippen LogP contribution is -2.13. The molecule has 0 atom stereocenters. The third-order valence-corrected chi connectivity index (χ3v) is 4.43. The molecule has 0 unspecified atom stereocenters. The fourth-order valence-electron chi connectivity index (χ4n) is 1.81. The summed E-state index contributed by atoms with van der Waals surface area (Å²) in [5, 5.41) is 0. The molecule has 0 saturated carbocycles. The van der Waals surface area contributed by atoms with Gasteiger partial charge in [0.2, 0.25) is 0 Å². The second-order valence-electron chi connectivity index (χ2n) is 4.76. The van der Waals surface area contributed by atoms with E-state index in [0.29, 0.717) is 11.6 Å². The molecule has 0 aliphatic rings. The first-order valence-corrected chi connectivity index (χ1v) is 7.70. The first-order valence-electron chi connectivity index (χ1n) is 6.29. The normalized spacial score (nSPS) is 12.2. The third kappa shape index (κ3) is 3.41. The Morgan fingerprint density at radius 1 is 1.00 bits per heavy atom. The summed E-state index contributed by atoms with van der Waals surface area (Å²) in [6.07, 6.45) is -4.62. The standard InChI is InChI=1S/C15H13F3O3S/c1-10-5-3-8-14(11(10)2)21-22(19,20)13-7-4-6-12(9-13)15(16,17)18/h3-9H,1-2H3. The van der Waals surface area contributed by atoms with Crippen LogP contribution in [-0.4, -0.2) is 8.42 Å². The van der Waals surface area contributed by atoms with Gasteiger partial charge in [-0.25, -0.2) is 0 Å². The summed E-state index contributed by atoms with van der Waals surface area (Å²) in [5.41, 5.74) is 0.382. The van der Waals surface area contributed by atoms with Crippen LogP contribution in [0.2, 0.25) is 0 Å². The summed E-state index contributed by atoms with van der Waals surface area (Å²) in [7, 11) is -4.34. The molecular weight excluding hydrogens is 317 g/mol. The molecule has 22 heavy (non-hydrogen) atoms. The minimum absolute atomic E-state index is 0.0948. The largest absolute Gasteiger partial charge is 0.416 e. The van der Waals surface area contributed by atoms with Crippen molar-refractivity contribution in [3.05, 3.63) is 59.2 Å². The predicted molar refractivity (Wildman–Crippen MR) is 75.2 cm³/mol. The van der Waals surface area contributed by atoms with Gasteiger partial charge in [-0.3, -0.25) is 0 Å². The van der Waals surface area contributed by atoms with Crippen molar-refractivity contribution >= 4 is 10.1 Å². The van der Waals surface area contributed by atoms with E-state index < -0.39 is 26.8 Å². The number of hydrogen-bond donors (Lipinski definition) is 0. The van der Waals surface area contributed by atoms with Crippen LogP contribution in [0.3, 0.4) is 0 Å². The van der Waals surface area contributed by atoms with Crippen LogP contribution in [0, 0.1) is 13.8 Å². The van der Waals surface area contributed by atoms with E-state index in [9.17, 15) is 21.6 Å². The minimum atomic E-state index is -4.62. The highest BCUT2D eigenvalue weighted by molar-refractivity contribution is 7.87. The number of rotatable bonds is 3. The Morgan fingerprint density at radius 3 is 2.27 bits per heavy atom. The van der Waals surface area contributed by atoms with Gasteiger partial charge in [-0.05, 0) is 49.2 Å². The van der Waals surface area contributed by atoms with E-state index in [1.807, 2.05) is 0 Å². The van der Waals surface area contributed by atoms with Gasteiger partial charge in [0.25, 0.3) is 0 Å². The Hall–Kier alpha value is -2.02. The van der Waals surface area contributed by atoms with Crippen LogP contribution in [0.25, 0.3) is 0 Å². The summed E-state index contributed by atoms with van der Waals surface area (Å²) in [4.78, 5) is -0.539. The average Bonchev–Trinajstić information content (AvgIpc) is 2.43. The molecule has 0 amide bonds. The zero-order valence-corrected chi connectivity index (χ0v) is 12.6. The summed E-state index contributed by atoms with van der Waals surface area (Å²) in [5.74, 6) is 0.0948. The van der Waals surface area contributed by atoms with Crippen molar-refractivity contribution in [1.29, 1.82) is 0 Å². The van der Waals surface area contributed by atoms with Crippen LogP contribution in [0.15, 0.2) is 47.4 Å². The van der Waals surface area contributed by atoms with Gasteiger partial charge in [-0.1, -0.05) is 18.2 Å². The number of halogens is 3. The van der Waals surface area contributed by atoms with E-state index in [1.165, 1.54) is 6.07 Å². The van der Waals surface area contributed by atoms with E-state index >= 15 is 0 Å². The van der Waals surface area contributed by atoms with Crippen molar-refractivity contribution in [2.24, 2.45) is 0 Å². The molecule has 0 aliphatic heterocycles. The van der Waals surface area contributed by atoms with Crippen LogP contribution in [0.1, 0.15) is 16.7 Å². The topological polar surface area (TPSA) is 43.4 Å². The maximum Gasteiger partial charge on any atom is 0.416 e. The van der Waals surface area contributed by atoms with Gasteiger partial charge in [0.15, 0.2) is 0 Å². The average molecular weight is 330 g/mol. The molecule has 0 aliphatic carbocycles. The van der Waals surface area contributed by atoms with Crippen molar-refractivity contribution in [2.75, 3.05) is 0 Å². The molecule has 0 radical (unpaired) electrons. The highest BCUT2D eigenvalue weighted by Crippen LogP contribution is 2.31. The van der Waals surface area contributed by atoms with Crippen molar-refractivity contribution in [1.82, 2.24) is 0 Å². The first-order chi connectivity index (χ1) is 10.1. The molecule has 0 bridgehead atoms. The Kier molecular flexibility index (Phi) is 4.19. The molecule has 0 heterocycles. The van der Waals surface area contributed by atoms with Crippen LogP contribution in [0.5, 0.6) is 5.75 Å². The monoisotopic (exact) mass is 330 g/mol. The van der Waals surface area contributed by atoms with Crippen molar-refractivity contribution in [2.45, 2.75) is 24.9 Å². The van der Waals surface area contributed by atoms with Gasteiger partial charge < -0.3 is 4.18 Å². The van der Waals surface area contributed by atoms with E-state index in [2.05, 4.69) is 0 Å². The molecule has 2 aromatic rings. The quantitative estimate of drug-likeness (QED) is 0.796. The van der Waals surface area contributed by atoms with Crippen LogP contribution in [-0.2, 0) is 16.3 Å². The Bertz CT molecular complexity index is 796. The number of benzene rings is 2. The second kappa shape index (κ2) is 5.64.